The van der Waals surface area contributed by atoms with Crippen LogP contribution in [0.1, 0.15) is 11.4 Å². The number of esters is 1. The quantitative estimate of drug-likeness (QED) is 0.389. The smallest absolute Gasteiger partial charge is 0.331 e. The van der Waals surface area contributed by atoms with Crippen molar-refractivity contribution in [3.63, 3.8) is 0 Å². The van der Waals surface area contributed by atoms with Crippen LogP contribution in [-0.2, 0) is 16.1 Å². The average molecular weight is 435 g/mol. The molecule has 2 aromatic carbocycles. The Hall–Kier alpha value is -3.03. The number of hydrogen-bond acceptors (Lipinski definition) is 7. The van der Waals surface area contributed by atoms with Gasteiger partial charge in [-0.1, -0.05) is 40.5 Å². The maximum absolute atomic E-state index is 12.0. The Bertz CT molecular complexity index is 1050. The van der Waals surface area contributed by atoms with Crippen LogP contribution in [0.5, 0.6) is 11.5 Å². The summed E-state index contributed by atoms with van der Waals surface area (Å²) in [5.41, 5.74) is 1.25. The molecule has 0 aliphatic rings. The van der Waals surface area contributed by atoms with Crippen LogP contribution in [0, 0.1) is 0 Å². The molecule has 3 rings (SSSR count). The van der Waals surface area contributed by atoms with Gasteiger partial charge < -0.3 is 18.7 Å². The van der Waals surface area contributed by atoms with Crippen LogP contribution < -0.4 is 9.47 Å². The van der Waals surface area contributed by atoms with E-state index >= 15 is 0 Å². The molecule has 150 valence electrons. The number of nitrogens with zero attached hydrogens (tertiary/aromatic N) is 2. The SMILES string of the molecule is COc1cc(/C=C/C(=O)OCc2noc(-c3ccccc3Cl)n2)cc(Cl)c1OC. The zero-order valence-corrected chi connectivity index (χ0v) is 17.0. The van der Waals surface area contributed by atoms with Crippen molar-refractivity contribution in [3.05, 3.63) is 63.9 Å². The molecular formula is C20H16Cl2N2O5. The molecule has 0 unspecified atom stereocenters. The van der Waals surface area contributed by atoms with E-state index in [1.165, 1.54) is 20.3 Å². The zero-order chi connectivity index (χ0) is 20.8. The van der Waals surface area contributed by atoms with Gasteiger partial charge in [-0.05, 0) is 35.9 Å². The first-order valence-corrected chi connectivity index (χ1v) is 9.11. The minimum atomic E-state index is -0.583. The second kappa shape index (κ2) is 9.45. The Morgan fingerprint density at radius 1 is 1.14 bits per heavy atom. The maximum Gasteiger partial charge on any atom is 0.331 e. The Morgan fingerprint density at radius 3 is 2.66 bits per heavy atom. The average Bonchev–Trinajstić information content (AvgIpc) is 3.19. The lowest BCUT2D eigenvalue weighted by Gasteiger charge is -2.10. The van der Waals surface area contributed by atoms with Gasteiger partial charge in [0.05, 0.1) is 29.8 Å². The van der Waals surface area contributed by atoms with E-state index in [-0.39, 0.29) is 18.3 Å². The van der Waals surface area contributed by atoms with Gasteiger partial charge in [-0.25, -0.2) is 4.79 Å². The fraction of sp³-hybridized carbons (Fsp3) is 0.150. The first-order valence-electron chi connectivity index (χ1n) is 8.35. The number of aromatic nitrogens is 2. The molecule has 0 aliphatic heterocycles. The van der Waals surface area contributed by atoms with Crippen molar-refractivity contribution in [2.75, 3.05) is 14.2 Å². The van der Waals surface area contributed by atoms with Crippen molar-refractivity contribution >= 4 is 35.2 Å². The Kier molecular flexibility index (Phi) is 6.74. The lowest BCUT2D eigenvalue weighted by molar-refractivity contribution is -0.139. The molecule has 7 nitrogen and oxygen atoms in total. The summed E-state index contributed by atoms with van der Waals surface area (Å²) < 4.78 is 20.7. The standard InChI is InChI=1S/C20H16Cl2N2O5/c1-26-16-10-12(9-15(22)19(16)27-2)7-8-18(25)28-11-17-23-20(29-24-17)13-5-3-4-6-14(13)21/h3-10H,11H2,1-2H3/b8-7+. The molecule has 0 N–H and O–H groups in total. The summed E-state index contributed by atoms with van der Waals surface area (Å²) in [4.78, 5) is 16.2. The largest absolute Gasteiger partial charge is 0.493 e. The van der Waals surface area contributed by atoms with Gasteiger partial charge in [0.2, 0.25) is 5.82 Å². The van der Waals surface area contributed by atoms with Gasteiger partial charge in [-0.2, -0.15) is 4.98 Å². The summed E-state index contributed by atoms with van der Waals surface area (Å²) in [5, 5.41) is 4.63. The Labute approximate surface area is 176 Å². The predicted octanol–water partition coefficient (Wildman–Crippen LogP) is 4.82. The van der Waals surface area contributed by atoms with E-state index in [1.54, 1.807) is 42.5 Å². The van der Waals surface area contributed by atoms with Gasteiger partial charge in [0.1, 0.15) is 0 Å². The molecule has 1 heterocycles. The normalized spacial score (nSPS) is 10.9. The van der Waals surface area contributed by atoms with Crippen LogP contribution in [0.3, 0.4) is 0 Å². The Balaban J connectivity index is 1.62. The third-order valence-electron chi connectivity index (χ3n) is 3.78. The summed E-state index contributed by atoms with van der Waals surface area (Å²) in [6.07, 6.45) is 2.80. The Morgan fingerprint density at radius 2 is 1.93 bits per heavy atom. The van der Waals surface area contributed by atoms with Gasteiger partial charge in [0, 0.05) is 6.08 Å². The van der Waals surface area contributed by atoms with Crippen molar-refractivity contribution in [3.8, 4) is 23.0 Å². The molecular weight excluding hydrogens is 419 g/mol. The van der Waals surface area contributed by atoms with Crippen molar-refractivity contribution in [1.29, 1.82) is 0 Å². The zero-order valence-electron chi connectivity index (χ0n) is 15.5. The molecule has 3 aromatic rings. The summed E-state index contributed by atoms with van der Waals surface area (Å²) in [7, 11) is 2.99. The number of carbonyl (C=O) groups excluding carboxylic acids is 1. The van der Waals surface area contributed by atoms with Gasteiger partial charge in [-0.15, -0.1) is 0 Å². The molecule has 1 aromatic heterocycles. The van der Waals surface area contributed by atoms with Crippen molar-refractivity contribution in [2.45, 2.75) is 6.61 Å². The number of hydrogen-bond donors (Lipinski definition) is 0. The first kappa shape index (κ1) is 20.7. The van der Waals surface area contributed by atoms with E-state index in [1.807, 2.05) is 0 Å². The molecule has 0 saturated carbocycles. The summed E-state index contributed by atoms with van der Waals surface area (Å²) >= 11 is 12.2. The van der Waals surface area contributed by atoms with E-state index < -0.39 is 5.97 Å². The number of ether oxygens (including phenoxy) is 3. The molecule has 0 aliphatic carbocycles. The van der Waals surface area contributed by atoms with Gasteiger partial charge in [-0.3, -0.25) is 0 Å². The predicted molar refractivity (Wildman–Crippen MR) is 108 cm³/mol. The van der Waals surface area contributed by atoms with E-state index in [0.29, 0.717) is 32.7 Å². The number of carbonyl (C=O) groups is 1. The maximum atomic E-state index is 12.0. The van der Waals surface area contributed by atoms with Crippen molar-refractivity contribution in [1.82, 2.24) is 10.1 Å². The van der Waals surface area contributed by atoms with Crippen LogP contribution in [0.25, 0.3) is 17.5 Å². The fourth-order valence-electron chi connectivity index (χ4n) is 2.44. The van der Waals surface area contributed by atoms with Gasteiger partial charge >= 0.3 is 5.97 Å². The molecule has 0 bridgehead atoms. The second-order valence-electron chi connectivity index (χ2n) is 5.67. The van der Waals surface area contributed by atoms with E-state index in [2.05, 4.69) is 10.1 Å². The lowest BCUT2D eigenvalue weighted by Crippen LogP contribution is -2.02. The van der Waals surface area contributed by atoms with Crippen LogP contribution in [0.4, 0.5) is 0 Å². The number of halogens is 2. The van der Waals surface area contributed by atoms with Crippen LogP contribution in [-0.4, -0.2) is 30.3 Å². The molecule has 0 spiro atoms. The van der Waals surface area contributed by atoms with Crippen molar-refractivity contribution in [2.24, 2.45) is 0 Å². The third-order valence-corrected chi connectivity index (χ3v) is 4.39. The van der Waals surface area contributed by atoms with Gasteiger partial charge in [0.25, 0.3) is 5.89 Å². The molecule has 0 fully saturated rings. The van der Waals surface area contributed by atoms with Crippen LogP contribution in [0.15, 0.2) is 47.0 Å². The molecule has 29 heavy (non-hydrogen) atoms. The number of methoxy groups -OCH3 is 2. The highest BCUT2D eigenvalue weighted by Gasteiger charge is 2.13. The molecule has 0 radical (unpaired) electrons. The first-order chi connectivity index (χ1) is 14.0. The van der Waals surface area contributed by atoms with Crippen LogP contribution >= 0.6 is 23.2 Å². The summed E-state index contributed by atoms with van der Waals surface area (Å²) in [6.45, 7) is -0.149. The lowest BCUT2D eigenvalue weighted by atomic mass is 10.2. The molecule has 0 amide bonds. The van der Waals surface area contributed by atoms with E-state index in [4.69, 9.17) is 41.9 Å². The topological polar surface area (TPSA) is 83.7 Å². The molecule has 9 heteroatoms. The highest BCUT2D eigenvalue weighted by Crippen LogP contribution is 2.36. The molecule has 0 atom stereocenters. The minimum absolute atomic E-state index is 0.149. The highest BCUT2D eigenvalue weighted by molar-refractivity contribution is 6.33. The number of benzene rings is 2. The fourth-order valence-corrected chi connectivity index (χ4v) is 2.95. The number of rotatable bonds is 7. The monoisotopic (exact) mass is 434 g/mol. The summed E-state index contributed by atoms with van der Waals surface area (Å²) in [5.74, 6) is 0.750. The highest BCUT2D eigenvalue weighted by atomic mass is 35.5. The molecule has 0 saturated heterocycles. The van der Waals surface area contributed by atoms with Gasteiger partial charge in [0.15, 0.2) is 18.1 Å². The second-order valence-corrected chi connectivity index (χ2v) is 6.49. The minimum Gasteiger partial charge on any atom is -0.493 e. The van der Waals surface area contributed by atoms with E-state index in [0.717, 1.165) is 0 Å². The summed E-state index contributed by atoms with van der Waals surface area (Å²) in [6, 6.07) is 10.4. The van der Waals surface area contributed by atoms with Crippen molar-refractivity contribution < 1.29 is 23.5 Å². The van der Waals surface area contributed by atoms with E-state index in [9.17, 15) is 4.79 Å². The van der Waals surface area contributed by atoms with Crippen LogP contribution in [0.2, 0.25) is 10.0 Å². The third kappa shape index (κ3) is 5.07.